The first-order chi connectivity index (χ1) is 8.19. The zero-order valence-electron chi connectivity index (χ0n) is 9.35. The molecular formula is C9H11N5O2S. The van der Waals surface area contributed by atoms with Crippen LogP contribution in [0.25, 0.3) is 0 Å². The number of aromatic nitrogens is 3. The van der Waals surface area contributed by atoms with E-state index in [0.29, 0.717) is 10.8 Å². The zero-order valence-corrected chi connectivity index (χ0v) is 10.2. The van der Waals surface area contributed by atoms with Crippen molar-refractivity contribution in [3.63, 3.8) is 0 Å². The molecule has 1 amide bonds. The van der Waals surface area contributed by atoms with Crippen molar-refractivity contribution < 1.29 is 9.21 Å². The number of rotatable bonds is 4. The van der Waals surface area contributed by atoms with E-state index in [1.165, 1.54) is 17.6 Å². The Labute approximate surface area is 101 Å². The maximum absolute atomic E-state index is 11.7. The van der Waals surface area contributed by atoms with E-state index in [4.69, 9.17) is 4.42 Å². The van der Waals surface area contributed by atoms with Crippen LogP contribution < -0.4 is 10.6 Å². The number of nitrogens with zero attached hydrogens (tertiary/aromatic N) is 3. The van der Waals surface area contributed by atoms with Gasteiger partial charge in [-0.05, 0) is 13.8 Å². The van der Waals surface area contributed by atoms with Gasteiger partial charge in [-0.2, -0.15) is 4.98 Å². The molecule has 2 aromatic heterocycles. The van der Waals surface area contributed by atoms with Gasteiger partial charge >= 0.3 is 6.01 Å². The highest BCUT2D eigenvalue weighted by Gasteiger charge is 2.14. The maximum atomic E-state index is 11.7. The van der Waals surface area contributed by atoms with Crippen LogP contribution in [0.15, 0.2) is 10.7 Å². The first kappa shape index (κ1) is 11.5. The van der Waals surface area contributed by atoms with Crippen LogP contribution in [0.4, 0.5) is 11.1 Å². The van der Waals surface area contributed by atoms with E-state index in [-0.39, 0.29) is 16.9 Å². The van der Waals surface area contributed by atoms with Gasteiger partial charge in [0.25, 0.3) is 5.91 Å². The minimum absolute atomic E-state index is 0.160. The molecular weight excluding hydrogens is 242 g/mol. The molecule has 90 valence electrons. The highest BCUT2D eigenvalue weighted by atomic mass is 32.1. The Balaban J connectivity index is 2.03. The second kappa shape index (κ2) is 4.91. The molecule has 0 atom stereocenters. The Morgan fingerprint density at radius 2 is 2.35 bits per heavy atom. The average Bonchev–Trinajstić information content (AvgIpc) is 2.88. The average molecular weight is 253 g/mol. The Morgan fingerprint density at radius 3 is 3.00 bits per heavy atom. The lowest BCUT2D eigenvalue weighted by atomic mass is 10.6. The number of amides is 1. The molecule has 0 radical (unpaired) electrons. The van der Waals surface area contributed by atoms with Crippen molar-refractivity contribution in [2.75, 3.05) is 17.2 Å². The number of carbonyl (C=O) groups is 1. The van der Waals surface area contributed by atoms with E-state index < -0.39 is 0 Å². The predicted molar refractivity (Wildman–Crippen MR) is 63.3 cm³/mol. The topological polar surface area (TPSA) is 92.9 Å². The van der Waals surface area contributed by atoms with E-state index >= 15 is 0 Å². The third-order valence-electron chi connectivity index (χ3n) is 1.79. The summed E-state index contributed by atoms with van der Waals surface area (Å²) in [6.45, 7) is 4.44. The SMILES string of the molecule is CCNc1nnc(C(=O)Nc2nc(C)co2)s1. The molecule has 2 aromatic rings. The number of aryl methyl sites for hydroxylation is 1. The molecule has 8 heteroatoms. The molecule has 0 bridgehead atoms. The van der Waals surface area contributed by atoms with E-state index in [1.54, 1.807) is 6.92 Å². The minimum atomic E-state index is -0.381. The molecule has 0 spiro atoms. The van der Waals surface area contributed by atoms with Gasteiger partial charge in [-0.3, -0.25) is 10.1 Å². The van der Waals surface area contributed by atoms with E-state index in [2.05, 4.69) is 25.8 Å². The van der Waals surface area contributed by atoms with E-state index in [1.807, 2.05) is 6.92 Å². The number of hydrogen-bond acceptors (Lipinski definition) is 7. The van der Waals surface area contributed by atoms with Gasteiger partial charge in [0.05, 0.1) is 5.69 Å². The molecule has 7 nitrogen and oxygen atoms in total. The highest BCUT2D eigenvalue weighted by molar-refractivity contribution is 7.17. The predicted octanol–water partition coefficient (Wildman–Crippen LogP) is 1.52. The minimum Gasteiger partial charge on any atom is -0.432 e. The van der Waals surface area contributed by atoms with Crippen LogP contribution in [0, 0.1) is 6.92 Å². The molecule has 0 aliphatic carbocycles. The van der Waals surface area contributed by atoms with Crippen LogP contribution in [-0.2, 0) is 0 Å². The van der Waals surface area contributed by atoms with Crippen molar-refractivity contribution in [3.05, 3.63) is 17.0 Å². The number of oxazole rings is 1. The van der Waals surface area contributed by atoms with Gasteiger partial charge in [-0.15, -0.1) is 10.2 Å². The second-order valence-electron chi connectivity index (χ2n) is 3.19. The molecule has 0 aliphatic heterocycles. The molecule has 0 fully saturated rings. The van der Waals surface area contributed by atoms with Crippen LogP contribution in [-0.4, -0.2) is 27.6 Å². The summed E-state index contributed by atoms with van der Waals surface area (Å²) < 4.78 is 5.01. The van der Waals surface area contributed by atoms with Crippen molar-refractivity contribution in [3.8, 4) is 0 Å². The molecule has 0 saturated carbocycles. The summed E-state index contributed by atoms with van der Waals surface area (Å²) in [5, 5.41) is 13.9. The Kier molecular flexibility index (Phi) is 3.33. The molecule has 17 heavy (non-hydrogen) atoms. The van der Waals surface area contributed by atoms with Gasteiger partial charge in [0.2, 0.25) is 10.1 Å². The lowest BCUT2D eigenvalue weighted by Crippen LogP contribution is -2.11. The van der Waals surface area contributed by atoms with Gasteiger partial charge in [0.1, 0.15) is 6.26 Å². The zero-order chi connectivity index (χ0) is 12.3. The van der Waals surface area contributed by atoms with Gasteiger partial charge < -0.3 is 9.73 Å². The fourth-order valence-electron chi connectivity index (χ4n) is 1.10. The number of anilines is 2. The Hall–Kier alpha value is -1.96. The van der Waals surface area contributed by atoms with Gasteiger partial charge in [0, 0.05) is 6.54 Å². The molecule has 0 saturated heterocycles. The second-order valence-corrected chi connectivity index (χ2v) is 4.17. The largest absolute Gasteiger partial charge is 0.432 e. The van der Waals surface area contributed by atoms with Crippen molar-refractivity contribution >= 4 is 28.4 Å². The highest BCUT2D eigenvalue weighted by Crippen LogP contribution is 2.16. The molecule has 2 rings (SSSR count). The quantitative estimate of drug-likeness (QED) is 0.858. The van der Waals surface area contributed by atoms with Gasteiger partial charge in [0.15, 0.2) is 0 Å². The van der Waals surface area contributed by atoms with Crippen LogP contribution in [0.3, 0.4) is 0 Å². The number of hydrogen-bond donors (Lipinski definition) is 2. The van der Waals surface area contributed by atoms with Gasteiger partial charge in [-0.1, -0.05) is 11.3 Å². The maximum Gasteiger partial charge on any atom is 0.301 e. The summed E-state index contributed by atoms with van der Waals surface area (Å²) >= 11 is 1.18. The molecule has 0 unspecified atom stereocenters. The first-order valence-electron chi connectivity index (χ1n) is 5.00. The van der Waals surface area contributed by atoms with Gasteiger partial charge in [-0.25, -0.2) is 0 Å². The molecule has 0 aliphatic rings. The fourth-order valence-corrected chi connectivity index (χ4v) is 1.81. The normalized spacial score (nSPS) is 10.2. The standard InChI is InChI=1S/C9H11N5O2S/c1-3-10-9-14-13-7(17-9)6(15)12-8-11-5(2)4-16-8/h4H,3H2,1-2H3,(H,10,14)(H,11,12,15). The fraction of sp³-hybridized carbons (Fsp3) is 0.333. The summed E-state index contributed by atoms with van der Waals surface area (Å²) in [4.78, 5) is 15.7. The van der Waals surface area contributed by atoms with Crippen LogP contribution in [0.1, 0.15) is 22.4 Å². The lowest BCUT2D eigenvalue weighted by Gasteiger charge is -1.95. The van der Waals surface area contributed by atoms with Crippen LogP contribution >= 0.6 is 11.3 Å². The Morgan fingerprint density at radius 1 is 1.53 bits per heavy atom. The third kappa shape index (κ3) is 2.78. The van der Waals surface area contributed by atoms with Crippen molar-refractivity contribution in [1.29, 1.82) is 0 Å². The number of nitrogens with one attached hydrogen (secondary N) is 2. The van der Waals surface area contributed by atoms with Crippen molar-refractivity contribution in [1.82, 2.24) is 15.2 Å². The van der Waals surface area contributed by atoms with Crippen molar-refractivity contribution in [2.45, 2.75) is 13.8 Å². The van der Waals surface area contributed by atoms with Crippen LogP contribution in [0.5, 0.6) is 0 Å². The van der Waals surface area contributed by atoms with E-state index in [0.717, 1.165) is 6.54 Å². The van der Waals surface area contributed by atoms with Crippen LogP contribution in [0.2, 0.25) is 0 Å². The number of carbonyl (C=O) groups excluding carboxylic acids is 1. The van der Waals surface area contributed by atoms with E-state index in [9.17, 15) is 4.79 Å². The Bertz CT molecular complexity index is 521. The molecule has 2 heterocycles. The molecule has 0 aromatic carbocycles. The third-order valence-corrected chi connectivity index (χ3v) is 2.67. The summed E-state index contributed by atoms with van der Waals surface area (Å²) in [7, 11) is 0. The summed E-state index contributed by atoms with van der Waals surface area (Å²) in [5.74, 6) is -0.381. The summed E-state index contributed by atoms with van der Waals surface area (Å²) in [5.41, 5.74) is 0.700. The first-order valence-corrected chi connectivity index (χ1v) is 5.81. The van der Waals surface area contributed by atoms with Crippen molar-refractivity contribution in [2.24, 2.45) is 0 Å². The smallest absolute Gasteiger partial charge is 0.301 e. The summed E-state index contributed by atoms with van der Waals surface area (Å²) in [6.07, 6.45) is 1.46. The summed E-state index contributed by atoms with van der Waals surface area (Å²) in [6, 6.07) is 0.160. The lowest BCUT2D eigenvalue weighted by molar-refractivity contribution is 0.102. The monoisotopic (exact) mass is 253 g/mol. The molecule has 2 N–H and O–H groups in total.